The number of H-pyrrole nitrogens is 2. The van der Waals surface area contributed by atoms with Gasteiger partial charge in [-0.05, 0) is 119 Å². The predicted octanol–water partition coefficient (Wildman–Crippen LogP) is 11.2. The van der Waals surface area contributed by atoms with E-state index in [1.807, 2.05) is 97.1 Å². The molecule has 57 heavy (non-hydrogen) atoms. The Morgan fingerprint density at radius 3 is 0.719 bits per heavy atom. The van der Waals surface area contributed by atoms with Crippen LogP contribution in [-0.4, -0.2) is 19.9 Å². The first-order valence-corrected chi connectivity index (χ1v) is 18.0. The summed E-state index contributed by atoms with van der Waals surface area (Å²) in [6.07, 6.45) is 31.3. The van der Waals surface area contributed by atoms with Gasteiger partial charge >= 0.3 is 0 Å². The number of nitrogens with zero attached hydrogens (tertiary/aromatic N) is 2. The van der Waals surface area contributed by atoms with Crippen LogP contribution in [0.5, 0.6) is 0 Å². The molecule has 267 valence electrons. The summed E-state index contributed by atoms with van der Waals surface area (Å²) >= 11 is 0. The van der Waals surface area contributed by atoms with Crippen molar-refractivity contribution in [2.45, 2.75) is 0 Å². The Kier molecular flexibility index (Phi) is 9.63. The normalized spacial score (nSPS) is 11.2. The van der Waals surface area contributed by atoms with E-state index in [1.54, 1.807) is 0 Å². The molecule has 5 heteroatoms. The van der Waals surface area contributed by atoms with Gasteiger partial charge in [-0.15, -0.1) is 25.7 Å². The van der Waals surface area contributed by atoms with Gasteiger partial charge in [0.15, 0.2) is 0 Å². The molecule has 9 rings (SSSR count). The van der Waals surface area contributed by atoms with Crippen LogP contribution in [-0.2, 0) is 16.8 Å². The third-order valence-corrected chi connectivity index (χ3v) is 10.1. The molecule has 0 atom stereocenters. The molecule has 7 aromatic rings. The first-order chi connectivity index (χ1) is 27.5. The molecular formula is C52H30CoN4. The smallest absolute Gasteiger partial charge is 0.0737 e. The molecule has 0 fully saturated rings. The van der Waals surface area contributed by atoms with E-state index in [0.717, 1.165) is 112 Å². The molecule has 0 spiro atoms. The van der Waals surface area contributed by atoms with Crippen molar-refractivity contribution in [3.63, 3.8) is 0 Å². The van der Waals surface area contributed by atoms with Gasteiger partial charge in [-0.2, -0.15) is 0 Å². The van der Waals surface area contributed by atoms with Crippen molar-refractivity contribution in [2.75, 3.05) is 0 Å². The van der Waals surface area contributed by atoms with Gasteiger partial charge < -0.3 is 9.97 Å². The number of hydrogen-bond donors (Lipinski definition) is 2. The van der Waals surface area contributed by atoms with E-state index in [0.29, 0.717) is 0 Å². The zero-order valence-electron chi connectivity index (χ0n) is 30.4. The standard InChI is InChI=1S/C52H30N4.Co/c1-5-33-9-17-37(18-10-33)49-41-25-27-43(53-41)50(38-19-11-34(6-2)12-20-38)45-29-31-47(55-45)52(40-23-15-36(8-4)16-24-40)48-32-30-46(56-48)51(44-28-26-42(49)54-44)39-21-13-35(7-3)14-22-39;/h1-4,9-32,53,56H;. The van der Waals surface area contributed by atoms with Crippen molar-refractivity contribution in [2.24, 2.45) is 0 Å². The van der Waals surface area contributed by atoms with Gasteiger partial charge in [-0.25, -0.2) is 9.97 Å². The summed E-state index contributed by atoms with van der Waals surface area (Å²) in [7, 11) is 0. The number of nitrogens with one attached hydrogen (secondary N) is 2. The van der Waals surface area contributed by atoms with Crippen LogP contribution in [0, 0.1) is 49.4 Å². The van der Waals surface area contributed by atoms with E-state index >= 15 is 0 Å². The quantitative estimate of drug-likeness (QED) is 0.175. The Bertz CT molecular complexity index is 2710. The Morgan fingerprint density at radius 1 is 0.316 bits per heavy atom. The molecule has 5 heterocycles. The van der Waals surface area contributed by atoms with Crippen molar-refractivity contribution < 1.29 is 16.8 Å². The van der Waals surface area contributed by atoms with Crippen LogP contribution in [0.2, 0.25) is 0 Å². The maximum Gasteiger partial charge on any atom is 0.0737 e. The molecule has 0 saturated carbocycles. The van der Waals surface area contributed by atoms with Gasteiger partial charge in [0.1, 0.15) is 0 Å². The van der Waals surface area contributed by atoms with Crippen molar-refractivity contribution in [3.8, 4) is 93.9 Å². The van der Waals surface area contributed by atoms with E-state index in [2.05, 4.69) is 82.2 Å². The number of rotatable bonds is 4. The Hall–Kier alpha value is -7.77. The third kappa shape index (κ3) is 6.68. The van der Waals surface area contributed by atoms with Crippen LogP contribution >= 0.6 is 0 Å². The second-order valence-corrected chi connectivity index (χ2v) is 13.4. The van der Waals surface area contributed by atoms with E-state index in [-0.39, 0.29) is 16.8 Å². The van der Waals surface area contributed by atoms with Gasteiger partial charge in [-0.1, -0.05) is 72.2 Å². The molecule has 8 bridgehead atoms. The van der Waals surface area contributed by atoms with Crippen LogP contribution in [0.25, 0.3) is 90.9 Å². The van der Waals surface area contributed by atoms with Crippen LogP contribution < -0.4 is 0 Å². The molecule has 2 N–H and O–H groups in total. The van der Waals surface area contributed by atoms with Gasteiger partial charge in [0.2, 0.25) is 0 Å². The summed E-state index contributed by atoms with van der Waals surface area (Å²) in [5, 5.41) is 0. The average Bonchev–Trinajstić information content (AvgIpc) is 4.10. The first-order valence-electron chi connectivity index (χ1n) is 18.0. The summed E-state index contributed by atoms with van der Waals surface area (Å²) in [5.41, 5.74) is 17.5. The molecule has 2 aliphatic rings. The van der Waals surface area contributed by atoms with Crippen LogP contribution in [0.15, 0.2) is 121 Å². The number of hydrogen-bond acceptors (Lipinski definition) is 2. The number of fused-ring (bicyclic) bond motifs is 8. The third-order valence-electron chi connectivity index (χ3n) is 10.1. The second kappa shape index (κ2) is 15.2. The maximum atomic E-state index is 5.76. The molecule has 3 aromatic heterocycles. The topological polar surface area (TPSA) is 57.4 Å². The molecule has 4 aromatic carbocycles. The van der Waals surface area contributed by atoms with Crippen molar-refractivity contribution in [3.05, 3.63) is 166 Å². The van der Waals surface area contributed by atoms with Gasteiger partial charge in [-0.3, -0.25) is 0 Å². The monoisotopic (exact) mass is 769 g/mol. The van der Waals surface area contributed by atoms with E-state index in [4.69, 9.17) is 35.7 Å². The summed E-state index contributed by atoms with van der Waals surface area (Å²) in [6.45, 7) is 0. The predicted molar refractivity (Wildman–Crippen MR) is 232 cm³/mol. The van der Waals surface area contributed by atoms with Crippen molar-refractivity contribution in [1.29, 1.82) is 0 Å². The van der Waals surface area contributed by atoms with Gasteiger partial charge in [0, 0.05) is 83.4 Å². The summed E-state index contributed by atoms with van der Waals surface area (Å²) in [6, 6.07) is 40.3. The average molecular weight is 770 g/mol. The number of terminal acetylenes is 4. The van der Waals surface area contributed by atoms with Crippen LogP contribution in [0.3, 0.4) is 0 Å². The zero-order valence-corrected chi connectivity index (χ0v) is 31.4. The van der Waals surface area contributed by atoms with Crippen LogP contribution in [0.1, 0.15) is 45.0 Å². The number of aromatic nitrogens is 4. The molecule has 4 nitrogen and oxygen atoms in total. The van der Waals surface area contributed by atoms with Crippen LogP contribution in [0.4, 0.5) is 0 Å². The fourth-order valence-corrected chi connectivity index (χ4v) is 7.35. The SMILES string of the molecule is C#Cc1ccc(-c2c3nc(c(-c4ccc(C#C)cc4)c4ccc([nH]4)c(-c4ccc(C#C)cc4)c4nc(c(-c5ccc(C#C)cc5)c5ccc2[nH]5)C=C4)C=C3)cc1.[Co]. The minimum atomic E-state index is 0. The minimum absolute atomic E-state index is 0. The number of benzene rings is 4. The van der Waals surface area contributed by atoms with Crippen molar-refractivity contribution in [1.82, 2.24) is 19.9 Å². The van der Waals surface area contributed by atoms with E-state index in [9.17, 15) is 0 Å². The molecule has 2 aliphatic heterocycles. The molecule has 0 aliphatic carbocycles. The largest absolute Gasteiger partial charge is 0.354 e. The zero-order chi connectivity index (χ0) is 38.2. The second-order valence-electron chi connectivity index (χ2n) is 13.4. The fourth-order valence-electron chi connectivity index (χ4n) is 7.35. The van der Waals surface area contributed by atoms with Gasteiger partial charge in [0.25, 0.3) is 0 Å². The first kappa shape index (κ1) is 36.2. The summed E-state index contributed by atoms with van der Waals surface area (Å²) < 4.78 is 0. The molecule has 0 unspecified atom stereocenters. The van der Waals surface area contributed by atoms with E-state index < -0.39 is 0 Å². The molecule has 0 saturated heterocycles. The molecular weight excluding hydrogens is 740 g/mol. The summed E-state index contributed by atoms with van der Waals surface area (Å²) in [4.78, 5) is 18.2. The fraction of sp³-hybridized carbons (Fsp3) is 0. The minimum Gasteiger partial charge on any atom is -0.354 e. The molecule has 1 radical (unpaired) electrons. The van der Waals surface area contributed by atoms with E-state index in [1.165, 1.54) is 0 Å². The number of aromatic amines is 2. The molecule has 0 amide bonds. The summed E-state index contributed by atoms with van der Waals surface area (Å²) in [5.74, 6) is 11.0. The Morgan fingerprint density at radius 2 is 0.526 bits per heavy atom. The van der Waals surface area contributed by atoms with Gasteiger partial charge in [0.05, 0.1) is 22.8 Å². The Labute approximate surface area is 341 Å². The van der Waals surface area contributed by atoms with Crippen molar-refractivity contribution >= 4 is 46.4 Å². The maximum absolute atomic E-state index is 5.76. The Balaban J connectivity index is 0.00000455.